The number of rotatable bonds is 5. The smallest absolute Gasteiger partial charge is 0.410 e. The summed E-state index contributed by atoms with van der Waals surface area (Å²) >= 11 is 0. The van der Waals surface area contributed by atoms with Crippen LogP contribution in [-0.4, -0.2) is 48.2 Å². The Morgan fingerprint density at radius 1 is 1.40 bits per heavy atom. The van der Waals surface area contributed by atoms with Crippen LogP contribution in [0.4, 0.5) is 19.0 Å². The number of nitrogens with zero attached hydrogens (tertiary/aromatic N) is 2. The highest BCUT2D eigenvalue weighted by Crippen LogP contribution is 2.43. The summed E-state index contributed by atoms with van der Waals surface area (Å²) in [5.74, 6) is 0.192. The van der Waals surface area contributed by atoms with E-state index in [1.807, 2.05) is 0 Å². The molecule has 7 nitrogen and oxygen atoms in total. The molecule has 162 valence electrons. The number of aromatic nitrogens is 2. The fourth-order valence-electron chi connectivity index (χ4n) is 3.86. The highest BCUT2D eigenvalue weighted by molar-refractivity contribution is 5.93. The number of alkyl halides is 3. The average Bonchev–Trinajstić information content (AvgIpc) is 3.40. The SMILES string of the molecule is COc1cccc([C@@H]2C[C@H](C(F)(F)F)n3nc(C(=O)NC[C@H]4CCCO4)cc3N2)c1. The molecule has 1 fully saturated rings. The van der Waals surface area contributed by atoms with Crippen LogP contribution in [0.15, 0.2) is 30.3 Å². The molecule has 30 heavy (non-hydrogen) atoms. The number of methoxy groups -OCH3 is 1. The van der Waals surface area contributed by atoms with E-state index in [9.17, 15) is 18.0 Å². The van der Waals surface area contributed by atoms with Gasteiger partial charge in [-0.15, -0.1) is 0 Å². The zero-order valence-electron chi connectivity index (χ0n) is 16.4. The van der Waals surface area contributed by atoms with E-state index < -0.39 is 24.2 Å². The molecule has 0 spiro atoms. The lowest BCUT2D eigenvalue weighted by Crippen LogP contribution is -2.36. The predicted molar refractivity (Wildman–Crippen MR) is 103 cm³/mol. The topological polar surface area (TPSA) is 77.4 Å². The van der Waals surface area contributed by atoms with E-state index in [4.69, 9.17) is 9.47 Å². The van der Waals surface area contributed by atoms with E-state index in [1.54, 1.807) is 24.3 Å². The Labute approximate surface area is 171 Å². The maximum absolute atomic E-state index is 13.8. The van der Waals surface area contributed by atoms with E-state index >= 15 is 0 Å². The molecule has 3 heterocycles. The summed E-state index contributed by atoms with van der Waals surface area (Å²) in [7, 11) is 1.50. The summed E-state index contributed by atoms with van der Waals surface area (Å²) in [6.07, 6.45) is -3.04. The Morgan fingerprint density at radius 2 is 2.23 bits per heavy atom. The van der Waals surface area contributed by atoms with Gasteiger partial charge < -0.3 is 20.1 Å². The monoisotopic (exact) mass is 424 g/mol. The first-order valence-corrected chi connectivity index (χ1v) is 9.81. The normalized spacial score (nSPS) is 23.5. The van der Waals surface area contributed by atoms with Crippen LogP contribution in [-0.2, 0) is 4.74 Å². The number of anilines is 1. The van der Waals surface area contributed by atoms with Crippen molar-refractivity contribution in [1.29, 1.82) is 0 Å². The summed E-state index contributed by atoms with van der Waals surface area (Å²) in [5.41, 5.74) is 0.608. The van der Waals surface area contributed by atoms with E-state index in [0.29, 0.717) is 24.5 Å². The van der Waals surface area contributed by atoms with Gasteiger partial charge in [-0.2, -0.15) is 18.3 Å². The van der Waals surface area contributed by atoms with Crippen molar-refractivity contribution >= 4 is 11.7 Å². The van der Waals surface area contributed by atoms with Crippen LogP contribution in [0.25, 0.3) is 0 Å². The highest BCUT2D eigenvalue weighted by atomic mass is 19.4. The van der Waals surface area contributed by atoms with Crippen LogP contribution in [0.3, 0.4) is 0 Å². The Kier molecular flexibility index (Phi) is 5.59. The molecule has 1 aromatic carbocycles. The molecule has 0 saturated carbocycles. The molecule has 2 aliphatic rings. The van der Waals surface area contributed by atoms with Crippen molar-refractivity contribution in [2.45, 2.75) is 43.6 Å². The second-order valence-corrected chi connectivity index (χ2v) is 7.47. The molecule has 4 rings (SSSR count). The van der Waals surface area contributed by atoms with Crippen molar-refractivity contribution in [2.75, 3.05) is 25.6 Å². The number of ether oxygens (including phenoxy) is 2. The van der Waals surface area contributed by atoms with E-state index in [0.717, 1.165) is 17.5 Å². The van der Waals surface area contributed by atoms with Crippen LogP contribution < -0.4 is 15.4 Å². The number of halogens is 3. The van der Waals surface area contributed by atoms with Crippen LogP contribution in [0.2, 0.25) is 0 Å². The number of benzene rings is 1. The van der Waals surface area contributed by atoms with Gasteiger partial charge >= 0.3 is 6.18 Å². The highest BCUT2D eigenvalue weighted by Gasteiger charge is 2.46. The van der Waals surface area contributed by atoms with E-state index in [2.05, 4.69) is 15.7 Å². The van der Waals surface area contributed by atoms with Crippen molar-refractivity contribution in [2.24, 2.45) is 0 Å². The molecule has 0 bridgehead atoms. The first-order valence-electron chi connectivity index (χ1n) is 9.81. The van der Waals surface area contributed by atoms with E-state index in [1.165, 1.54) is 13.2 Å². The molecule has 2 N–H and O–H groups in total. The molecule has 1 saturated heterocycles. The largest absolute Gasteiger partial charge is 0.497 e. The third-order valence-corrected chi connectivity index (χ3v) is 5.43. The third kappa shape index (κ3) is 4.23. The Hall–Kier alpha value is -2.75. The van der Waals surface area contributed by atoms with E-state index in [-0.39, 0.29) is 24.0 Å². The summed E-state index contributed by atoms with van der Waals surface area (Å²) in [6.45, 7) is 0.964. The minimum absolute atomic E-state index is 0.0592. The van der Waals surface area contributed by atoms with Gasteiger partial charge in [0.2, 0.25) is 0 Å². The lowest BCUT2D eigenvalue weighted by Gasteiger charge is -2.33. The Bertz CT molecular complexity index is 909. The number of nitrogens with one attached hydrogen (secondary N) is 2. The summed E-state index contributed by atoms with van der Waals surface area (Å²) < 4.78 is 52.9. The van der Waals surface area contributed by atoms with Gasteiger partial charge in [-0.05, 0) is 30.5 Å². The first kappa shape index (κ1) is 20.5. The molecule has 3 atom stereocenters. The second kappa shape index (κ2) is 8.17. The number of carbonyl (C=O) groups excluding carboxylic acids is 1. The zero-order chi connectivity index (χ0) is 21.3. The van der Waals surface area contributed by atoms with Gasteiger partial charge in [0.05, 0.1) is 19.3 Å². The fourth-order valence-corrected chi connectivity index (χ4v) is 3.86. The molecule has 0 aliphatic carbocycles. The van der Waals surface area contributed by atoms with Gasteiger partial charge in [0.25, 0.3) is 5.91 Å². The third-order valence-electron chi connectivity index (χ3n) is 5.43. The molecule has 1 amide bonds. The summed E-state index contributed by atoms with van der Waals surface area (Å²) in [6, 6.07) is 5.82. The Balaban J connectivity index is 1.57. The number of carbonyl (C=O) groups is 1. The predicted octanol–water partition coefficient (Wildman–Crippen LogP) is 3.46. The number of amides is 1. The van der Waals surface area contributed by atoms with Gasteiger partial charge in [0.15, 0.2) is 11.7 Å². The Morgan fingerprint density at radius 3 is 2.93 bits per heavy atom. The van der Waals surface area contributed by atoms with Crippen LogP contribution >= 0.6 is 0 Å². The minimum Gasteiger partial charge on any atom is -0.497 e. The minimum atomic E-state index is -4.51. The van der Waals surface area contributed by atoms with Crippen molar-refractivity contribution in [3.8, 4) is 5.75 Å². The lowest BCUT2D eigenvalue weighted by atomic mass is 9.97. The van der Waals surface area contributed by atoms with Crippen molar-refractivity contribution in [3.63, 3.8) is 0 Å². The van der Waals surface area contributed by atoms with Gasteiger partial charge in [-0.1, -0.05) is 12.1 Å². The number of hydrogen-bond acceptors (Lipinski definition) is 5. The lowest BCUT2D eigenvalue weighted by molar-refractivity contribution is -0.173. The quantitative estimate of drug-likeness (QED) is 0.769. The van der Waals surface area contributed by atoms with Gasteiger partial charge in [0, 0.05) is 25.6 Å². The average molecular weight is 424 g/mol. The first-order chi connectivity index (χ1) is 14.3. The van der Waals surface area contributed by atoms with Gasteiger partial charge in [0.1, 0.15) is 11.6 Å². The molecule has 1 aromatic heterocycles. The van der Waals surface area contributed by atoms with Gasteiger partial charge in [-0.25, -0.2) is 4.68 Å². The molecule has 2 aliphatic heterocycles. The van der Waals surface area contributed by atoms with Crippen LogP contribution in [0.5, 0.6) is 5.75 Å². The molecular formula is C20H23F3N4O3. The molecule has 0 unspecified atom stereocenters. The zero-order valence-corrected chi connectivity index (χ0v) is 16.4. The second-order valence-electron chi connectivity index (χ2n) is 7.47. The number of fused-ring (bicyclic) bond motifs is 1. The van der Waals surface area contributed by atoms with Crippen molar-refractivity contribution in [3.05, 3.63) is 41.6 Å². The fraction of sp³-hybridized carbons (Fsp3) is 0.500. The van der Waals surface area contributed by atoms with Crippen molar-refractivity contribution in [1.82, 2.24) is 15.1 Å². The molecule has 10 heteroatoms. The summed E-state index contributed by atoms with van der Waals surface area (Å²) in [5, 5.41) is 9.74. The van der Waals surface area contributed by atoms with Gasteiger partial charge in [-0.3, -0.25) is 4.79 Å². The standard InChI is InChI=1S/C20H23F3N4O3/c1-29-13-5-2-4-12(8-13)15-9-17(20(21,22)23)27-18(25-15)10-16(26-27)19(28)24-11-14-6-3-7-30-14/h2,4-5,8,10,14-15,17,25H,3,6-7,9,11H2,1H3,(H,24,28)/t14-,15+,17-/m1/s1. The maximum atomic E-state index is 13.8. The summed E-state index contributed by atoms with van der Waals surface area (Å²) in [4.78, 5) is 12.4. The maximum Gasteiger partial charge on any atom is 0.410 e. The van der Waals surface area contributed by atoms with Crippen LogP contribution in [0, 0.1) is 0 Å². The number of hydrogen-bond donors (Lipinski definition) is 2. The molecule has 0 radical (unpaired) electrons. The molecule has 2 aromatic rings. The van der Waals surface area contributed by atoms with Crippen molar-refractivity contribution < 1.29 is 27.4 Å². The molecular weight excluding hydrogens is 401 g/mol. The van der Waals surface area contributed by atoms with Crippen LogP contribution in [0.1, 0.15) is 47.4 Å².